The number of nitrogens with one attached hydrogen (secondary N) is 1. The summed E-state index contributed by atoms with van der Waals surface area (Å²) < 4.78 is 0. The van der Waals surface area contributed by atoms with Crippen LogP contribution in [0.4, 0.5) is 5.95 Å². The number of nitrogen functional groups attached to an aromatic ring is 1. The fourth-order valence-corrected chi connectivity index (χ4v) is 3.66. The zero-order valence-electron chi connectivity index (χ0n) is 10.4. The lowest BCUT2D eigenvalue weighted by Crippen LogP contribution is -2.16. The third-order valence-electron chi connectivity index (χ3n) is 3.22. The Balaban J connectivity index is 2.06. The third-order valence-corrected chi connectivity index (χ3v) is 4.62. The van der Waals surface area contributed by atoms with Gasteiger partial charge in [0, 0.05) is 11.4 Å². The second kappa shape index (κ2) is 5.69. The van der Waals surface area contributed by atoms with E-state index in [2.05, 4.69) is 29.2 Å². The Bertz CT molecular complexity index is 383. The van der Waals surface area contributed by atoms with Crippen LogP contribution < -0.4 is 11.3 Å². The van der Waals surface area contributed by atoms with E-state index in [9.17, 15) is 0 Å². The molecule has 94 valence electrons. The molecule has 3 N–H and O–H groups in total. The smallest absolute Gasteiger partial charge is 0.238 e. The van der Waals surface area contributed by atoms with Crippen LogP contribution in [0.15, 0.2) is 11.2 Å². The highest BCUT2D eigenvalue weighted by atomic mass is 32.2. The summed E-state index contributed by atoms with van der Waals surface area (Å²) in [6, 6.07) is 0. The maximum atomic E-state index is 5.34. The molecule has 17 heavy (non-hydrogen) atoms. The molecule has 2 unspecified atom stereocenters. The largest absolute Gasteiger partial charge is 0.292 e. The number of hydrazine groups is 1. The Morgan fingerprint density at radius 3 is 3.00 bits per heavy atom. The van der Waals surface area contributed by atoms with E-state index in [4.69, 9.17) is 5.84 Å². The summed E-state index contributed by atoms with van der Waals surface area (Å²) in [4.78, 5) is 8.53. The standard InChI is InChI=1S/C12H20N4S/c1-8-4-3-5-10(6-8)17-11-9(2)7-14-12(15-11)16-13/h7-8,10H,3-6,13H2,1-2H3,(H,14,15,16). The number of hydrogen-bond donors (Lipinski definition) is 2. The van der Waals surface area contributed by atoms with Gasteiger partial charge in [-0.1, -0.05) is 19.8 Å². The van der Waals surface area contributed by atoms with Crippen molar-refractivity contribution in [2.45, 2.75) is 49.8 Å². The lowest BCUT2D eigenvalue weighted by Gasteiger charge is -2.26. The molecule has 0 radical (unpaired) electrons. The summed E-state index contributed by atoms with van der Waals surface area (Å²) in [6.45, 7) is 4.39. The molecule has 2 atom stereocenters. The zero-order chi connectivity index (χ0) is 12.3. The van der Waals surface area contributed by atoms with Gasteiger partial charge < -0.3 is 0 Å². The molecular formula is C12H20N4S. The van der Waals surface area contributed by atoms with Gasteiger partial charge >= 0.3 is 0 Å². The number of hydrogen-bond acceptors (Lipinski definition) is 5. The van der Waals surface area contributed by atoms with Gasteiger partial charge in [-0.25, -0.2) is 15.8 Å². The first kappa shape index (κ1) is 12.6. The second-order valence-electron chi connectivity index (χ2n) is 4.84. The van der Waals surface area contributed by atoms with Gasteiger partial charge in [-0.05, 0) is 31.2 Å². The van der Waals surface area contributed by atoms with Crippen molar-refractivity contribution in [1.82, 2.24) is 9.97 Å². The monoisotopic (exact) mass is 252 g/mol. The van der Waals surface area contributed by atoms with E-state index in [1.54, 1.807) is 0 Å². The SMILES string of the molecule is Cc1cnc(NN)nc1SC1CCCC(C)C1. The second-order valence-corrected chi connectivity index (χ2v) is 6.13. The molecule has 0 aliphatic heterocycles. The molecular weight excluding hydrogens is 232 g/mol. The lowest BCUT2D eigenvalue weighted by atomic mass is 9.91. The number of aryl methyl sites for hydroxylation is 1. The van der Waals surface area contributed by atoms with E-state index < -0.39 is 0 Å². The topological polar surface area (TPSA) is 63.8 Å². The van der Waals surface area contributed by atoms with Crippen molar-refractivity contribution in [3.63, 3.8) is 0 Å². The van der Waals surface area contributed by atoms with E-state index in [0.29, 0.717) is 11.2 Å². The normalized spacial score (nSPS) is 24.6. The Hall–Kier alpha value is -0.810. The average molecular weight is 252 g/mol. The molecule has 0 amide bonds. The lowest BCUT2D eigenvalue weighted by molar-refractivity contribution is 0.394. The fraction of sp³-hybridized carbons (Fsp3) is 0.667. The van der Waals surface area contributed by atoms with Crippen LogP contribution in [0, 0.1) is 12.8 Å². The number of nitrogens with zero attached hydrogens (tertiary/aromatic N) is 2. The van der Waals surface area contributed by atoms with Crippen molar-refractivity contribution in [3.05, 3.63) is 11.8 Å². The minimum absolute atomic E-state index is 0.502. The molecule has 2 rings (SSSR count). The minimum atomic E-state index is 0.502. The van der Waals surface area contributed by atoms with Crippen molar-refractivity contribution in [2.75, 3.05) is 5.43 Å². The predicted molar refractivity (Wildman–Crippen MR) is 71.9 cm³/mol. The summed E-state index contributed by atoms with van der Waals surface area (Å²) in [7, 11) is 0. The van der Waals surface area contributed by atoms with Crippen molar-refractivity contribution in [3.8, 4) is 0 Å². The molecule has 0 spiro atoms. The highest BCUT2D eigenvalue weighted by molar-refractivity contribution is 7.99. The summed E-state index contributed by atoms with van der Waals surface area (Å²) in [5.74, 6) is 6.68. The van der Waals surface area contributed by atoms with Crippen LogP contribution in [0.2, 0.25) is 0 Å². The summed E-state index contributed by atoms with van der Waals surface area (Å²) in [5, 5.41) is 1.75. The van der Waals surface area contributed by atoms with Gasteiger partial charge in [0.15, 0.2) is 0 Å². The summed E-state index contributed by atoms with van der Waals surface area (Å²) in [6.07, 6.45) is 7.13. The minimum Gasteiger partial charge on any atom is -0.292 e. The number of thioether (sulfide) groups is 1. The van der Waals surface area contributed by atoms with Gasteiger partial charge in [0.25, 0.3) is 0 Å². The van der Waals surface area contributed by atoms with E-state index in [0.717, 1.165) is 16.5 Å². The first-order valence-corrected chi connectivity index (χ1v) is 7.04. The third kappa shape index (κ3) is 3.33. The molecule has 1 aliphatic rings. The van der Waals surface area contributed by atoms with Gasteiger partial charge in [0.2, 0.25) is 5.95 Å². The number of aromatic nitrogens is 2. The molecule has 0 bridgehead atoms. The van der Waals surface area contributed by atoms with Crippen LogP contribution >= 0.6 is 11.8 Å². The average Bonchev–Trinajstić information content (AvgIpc) is 2.32. The maximum absolute atomic E-state index is 5.34. The molecule has 0 aromatic carbocycles. The van der Waals surface area contributed by atoms with Crippen LogP contribution in [0.5, 0.6) is 0 Å². The molecule has 0 saturated heterocycles. The van der Waals surface area contributed by atoms with Crippen molar-refractivity contribution >= 4 is 17.7 Å². The van der Waals surface area contributed by atoms with Gasteiger partial charge in [-0.15, -0.1) is 11.8 Å². The Labute approximate surface area is 107 Å². The van der Waals surface area contributed by atoms with Gasteiger partial charge in [0.1, 0.15) is 5.03 Å². The molecule has 1 aromatic heterocycles. The van der Waals surface area contributed by atoms with Crippen LogP contribution in [0.25, 0.3) is 0 Å². The van der Waals surface area contributed by atoms with Gasteiger partial charge in [-0.2, -0.15) is 0 Å². The molecule has 1 aliphatic carbocycles. The van der Waals surface area contributed by atoms with Crippen molar-refractivity contribution < 1.29 is 0 Å². The summed E-state index contributed by atoms with van der Waals surface area (Å²) in [5.41, 5.74) is 3.64. The Kier molecular flexibility index (Phi) is 4.23. The highest BCUT2D eigenvalue weighted by Crippen LogP contribution is 2.36. The predicted octanol–water partition coefficient (Wildman–Crippen LogP) is 2.74. The van der Waals surface area contributed by atoms with E-state index in [-0.39, 0.29) is 0 Å². The molecule has 5 heteroatoms. The van der Waals surface area contributed by atoms with Crippen molar-refractivity contribution in [2.24, 2.45) is 11.8 Å². The molecule has 4 nitrogen and oxygen atoms in total. The molecule has 1 heterocycles. The number of nitrogens with two attached hydrogens (primary N) is 1. The van der Waals surface area contributed by atoms with E-state index >= 15 is 0 Å². The number of rotatable bonds is 3. The first-order chi connectivity index (χ1) is 8.19. The van der Waals surface area contributed by atoms with Crippen molar-refractivity contribution in [1.29, 1.82) is 0 Å². The highest BCUT2D eigenvalue weighted by Gasteiger charge is 2.21. The van der Waals surface area contributed by atoms with Crippen LogP contribution in [0.1, 0.15) is 38.2 Å². The van der Waals surface area contributed by atoms with Gasteiger partial charge in [0.05, 0.1) is 0 Å². The Morgan fingerprint density at radius 1 is 1.47 bits per heavy atom. The van der Waals surface area contributed by atoms with Gasteiger partial charge in [-0.3, -0.25) is 5.43 Å². The Morgan fingerprint density at radius 2 is 2.29 bits per heavy atom. The van der Waals surface area contributed by atoms with E-state index in [1.165, 1.54) is 25.7 Å². The fourth-order valence-electron chi connectivity index (χ4n) is 2.26. The molecule has 1 fully saturated rings. The van der Waals surface area contributed by atoms with Crippen LogP contribution in [0.3, 0.4) is 0 Å². The van der Waals surface area contributed by atoms with E-state index in [1.807, 2.05) is 18.0 Å². The molecule has 1 saturated carbocycles. The quantitative estimate of drug-likeness (QED) is 0.492. The summed E-state index contributed by atoms with van der Waals surface area (Å²) >= 11 is 1.88. The maximum Gasteiger partial charge on any atom is 0.238 e. The van der Waals surface area contributed by atoms with Crippen LogP contribution in [-0.4, -0.2) is 15.2 Å². The first-order valence-electron chi connectivity index (χ1n) is 6.16. The molecule has 1 aromatic rings. The zero-order valence-corrected chi connectivity index (χ0v) is 11.3. The van der Waals surface area contributed by atoms with Crippen LogP contribution in [-0.2, 0) is 0 Å². The number of anilines is 1.